The number of carboxylic acids is 1. The molecule has 0 unspecified atom stereocenters. The number of aromatic hydroxyl groups is 1. The molecule has 2 N–H and O–H groups in total. The molecule has 0 bridgehead atoms. The normalized spacial score (nSPS) is 10.0. The largest absolute Gasteiger partial charge is 0.505 e. The number of aromatic nitrogens is 1. The van der Waals surface area contributed by atoms with Gasteiger partial charge >= 0.3 is 5.97 Å². The first-order chi connectivity index (χ1) is 6.97. The van der Waals surface area contributed by atoms with E-state index in [1.807, 2.05) is 0 Å². The molecule has 78 valence electrons. The van der Waals surface area contributed by atoms with E-state index < -0.39 is 35.1 Å². The van der Waals surface area contributed by atoms with Gasteiger partial charge in [-0.25, -0.2) is 18.6 Å². The van der Waals surface area contributed by atoms with Gasteiger partial charge in [-0.05, 0) is 6.07 Å². The Morgan fingerprint density at radius 2 is 2.20 bits per heavy atom. The van der Waals surface area contributed by atoms with Gasteiger partial charge in [0, 0.05) is 0 Å². The average molecular weight is 214 g/mol. The van der Waals surface area contributed by atoms with Crippen LogP contribution in [0.1, 0.15) is 28.2 Å². The molecule has 15 heavy (non-hydrogen) atoms. The number of pyridine rings is 1. The molecule has 1 rings (SSSR count). The van der Waals surface area contributed by atoms with Gasteiger partial charge < -0.3 is 10.2 Å². The van der Waals surface area contributed by atoms with E-state index in [2.05, 4.69) is 4.98 Å². The Kier molecular flexibility index (Phi) is 2.80. The zero-order chi connectivity index (χ0) is 11.6. The van der Waals surface area contributed by atoms with Crippen molar-refractivity contribution in [3.8, 4) is 11.8 Å². The highest BCUT2D eigenvalue weighted by Gasteiger charge is 2.22. The highest BCUT2D eigenvalue weighted by molar-refractivity contribution is 5.87. The van der Waals surface area contributed by atoms with Gasteiger partial charge in [0.2, 0.25) is 0 Å². The fourth-order valence-corrected chi connectivity index (χ4v) is 0.938. The lowest BCUT2D eigenvalue weighted by Gasteiger charge is -2.05. The lowest BCUT2D eigenvalue weighted by molar-refractivity contribution is 0.0677. The number of alkyl halides is 2. The summed E-state index contributed by atoms with van der Waals surface area (Å²) in [5.41, 5.74) is -2.45. The van der Waals surface area contributed by atoms with Crippen molar-refractivity contribution in [1.82, 2.24) is 4.98 Å². The minimum atomic E-state index is -3.08. The molecule has 1 aromatic heterocycles. The second kappa shape index (κ2) is 3.88. The van der Waals surface area contributed by atoms with Crippen LogP contribution in [0.5, 0.6) is 5.75 Å². The Morgan fingerprint density at radius 1 is 1.60 bits per heavy atom. The van der Waals surface area contributed by atoms with Crippen LogP contribution in [0.3, 0.4) is 0 Å². The maximum atomic E-state index is 12.3. The number of rotatable bonds is 2. The number of nitrogens with zero attached hydrogens (tertiary/aromatic N) is 2. The fourth-order valence-electron chi connectivity index (χ4n) is 0.938. The number of aromatic carboxylic acids is 1. The number of nitriles is 1. The summed E-state index contributed by atoms with van der Waals surface area (Å²) < 4.78 is 24.6. The average Bonchev–Trinajstić information content (AvgIpc) is 2.16. The van der Waals surface area contributed by atoms with Gasteiger partial charge in [0.25, 0.3) is 6.43 Å². The number of hydrogen-bond acceptors (Lipinski definition) is 4. The highest BCUT2D eigenvalue weighted by atomic mass is 19.3. The van der Waals surface area contributed by atoms with Crippen LogP contribution in [0.2, 0.25) is 0 Å². The third-order valence-electron chi connectivity index (χ3n) is 1.58. The van der Waals surface area contributed by atoms with Crippen LogP contribution < -0.4 is 0 Å². The van der Waals surface area contributed by atoms with Crippen LogP contribution in [0.4, 0.5) is 8.78 Å². The minimum absolute atomic E-state index is 0.527. The first-order valence-electron chi connectivity index (χ1n) is 3.62. The summed E-state index contributed by atoms with van der Waals surface area (Å²) in [4.78, 5) is 13.6. The molecule has 0 radical (unpaired) electrons. The molecular weight excluding hydrogens is 210 g/mol. The van der Waals surface area contributed by atoms with E-state index in [1.54, 1.807) is 0 Å². The maximum Gasteiger partial charge on any atom is 0.355 e. The van der Waals surface area contributed by atoms with Gasteiger partial charge in [0.05, 0.1) is 5.56 Å². The molecule has 1 heterocycles. The summed E-state index contributed by atoms with van der Waals surface area (Å²) in [6.07, 6.45) is -3.08. The van der Waals surface area contributed by atoms with E-state index >= 15 is 0 Å². The monoisotopic (exact) mass is 214 g/mol. The molecule has 0 amide bonds. The van der Waals surface area contributed by atoms with Crippen molar-refractivity contribution in [3.63, 3.8) is 0 Å². The Balaban J connectivity index is 3.47. The van der Waals surface area contributed by atoms with Gasteiger partial charge in [-0.1, -0.05) is 0 Å². The summed E-state index contributed by atoms with van der Waals surface area (Å²) >= 11 is 0. The predicted octanol–water partition coefficient (Wildman–Crippen LogP) is 1.29. The van der Waals surface area contributed by atoms with Crippen LogP contribution >= 0.6 is 0 Å². The van der Waals surface area contributed by atoms with Crippen LogP contribution in [-0.4, -0.2) is 21.2 Å². The minimum Gasteiger partial charge on any atom is -0.505 e. The van der Waals surface area contributed by atoms with Gasteiger partial charge in [-0.3, -0.25) is 0 Å². The second-order valence-corrected chi connectivity index (χ2v) is 2.51. The van der Waals surface area contributed by atoms with Crippen LogP contribution in [0, 0.1) is 11.3 Å². The molecule has 7 heteroatoms. The summed E-state index contributed by atoms with van der Waals surface area (Å²) in [6.45, 7) is 0. The molecular formula is C8H4F2N2O3. The number of halogens is 2. The smallest absolute Gasteiger partial charge is 0.355 e. The number of carbonyl (C=O) groups is 1. The van der Waals surface area contributed by atoms with E-state index in [-0.39, 0.29) is 0 Å². The lowest BCUT2D eigenvalue weighted by atomic mass is 10.1. The van der Waals surface area contributed by atoms with Crippen LogP contribution in [0.25, 0.3) is 0 Å². The molecule has 1 aromatic rings. The first-order valence-corrected chi connectivity index (χ1v) is 3.62. The molecule has 0 aliphatic rings. The van der Waals surface area contributed by atoms with Crippen molar-refractivity contribution in [1.29, 1.82) is 5.26 Å². The van der Waals surface area contributed by atoms with Crippen molar-refractivity contribution in [2.45, 2.75) is 6.43 Å². The summed E-state index contributed by atoms with van der Waals surface area (Å²) in [6, 6.07) is 1.91. The highest BCUT2D eigenvalue weighted by Crippen LogP contribution is 2.27. The molecule has 0 saturated heterocycles. The van der Waals surface area contributed by atoms with E-state index in [1.165, 1.54) is 6.07 Å². The number of hydrogen-bond donors (Lipinski definition) is 2. The topological polar surface area (TPSA) is 94.2 Å². The van der Waals surface area contributed by atoms with Gasteiger partial charge in [0.15, 0.2) is 17.1 Å². The second-order valence-electron chi connectivity index (χ2n) is 2.51. The molecule has 0 saturated carbocycles. The van der Waals surface area contributed by atoms with E-state index in [4.69, 9.17) is 15.5 Å². The molecule has 0 spiro atoms. The molecule has 5 nitrogen and oxygen atoms in total. The zero-order valence-electron chi connectivity index (χ0n) is 7.11. The standard InChI is InChI=1S/C8H4F2N2O3/c9-7(10)3-1-5(13)4(2-11)12-6(3)8(14)15/h1,7,13H,(H,14,15). The third-order valence-corrected chi connectivity index (χ3v) is 1.58. The fraction of sp³-hybridized carbons (Fsp3) is 0.125. The molecule has 0 aromatic carbocycles. The molecule has 0 atom stereocenters. The Bertz CT molecular complexity index is 454. The molecule has 0 aliphatic heterocycles. The van der Waals surface area contributed by atoms with Crippen molar-refractivity contribution >= 4 is 5.97 Å². The third kappa shape index (κ3) is 1.99. The van der Waals surface area contributed by atoms with Gasteiger partial charge in [0.1, 0.15) is 6.07 Å². The Hall–Kier alpha value is -2.23. The zero-order valence-corrected chi connectivity index (χ0v) is 7.11. The number of carboxylic acid groups (broad SMARTS) is 1. The van der Waals surface area contributed by atoms with E-state index in [0.29, 0.717) is 6.07 Å². The van der Waals surface area contributed by atoms with Crippen LogP contribution in [0.15, 0.2) is 6.07 Å². The Labute approximate surface area is 82.2 Å². The lowest BCUT2D eigenvalue weighted by Crippen LogP contribution is -2.07. The van der Waals surface area contributed by atoms with Crippen molar-refractivity contribution < 1.29 is 23.8 Å². The summed E-state index contributed by atoms with van der Waals surface area (Å²) in [7, 11) is 0. The maximum absolute atomic E-state index is 12.3. The van der Waals surface area contributed by atoms with Gasteiger partial charge in [-0.2, -0.15) is 5.26 Å². The summed E-state index contributed by atoms with van der Waals surface area (Å²) in [5, 5.41) is 26.0. The predicted molar refractivity (Wildman–Crippen MR) is 42.5 cm³/mol. The first kappa shape index (κ1) is 10.8. The van der Waals surface area contributed by atoms with Crippen molar-refractivity contribution in [3.05, 3.63) is 23.0 Å². The molecule has 0 fully saturated rings. The quantitative estimate of drug-likeness (QED) is 0.773. The SMILES string of the molecule is N#Cc1nc(C(=O)O)c(C(F)F)cc1O. The van der Waals surface area contributed by atoms with Crippen molar-refractivity contribution in [2.75, 3.05) is 0 Å². The van der Waals surface area contributed by atoms with E-state index in [0.717, 1.165) is 0 Å². The van der Waals surface area contributed by atoms with Crippen molar-refractivity contribution in [2.24, 2.45) is 0 Å². The van der Waals surface area contributed by atoms with E-state index in [9.17, 15) is 13.6 Å². The Morgan fingerprint density at radius 3 is 2.60 bits per heavy atom. The van der Waals surface area contributed by atoms with Crippen LogP contribution in [-0.2, 0) is 0 Å². The van der Waals surface area contributed by atoms with Gasteiger partial charge in [-0.15, -0.1) is 0 Å². The molecule has 0 aliphatic carbocycles. The summed E-state index contributed by atoms with van der Waals surface area (Å²) in [5.74, 6) is -2.44.